The maximum absolute atomic E-state index is 3.21. The van der Waals surface area contributed by atoms with Gasteiger partial charge in [-0.3, -0.25) is 0 Å². The van der Waals surface area contributed by atoms with E-state index in [0.29, 0.717) is 0 Å². The van der Waals surface area contributed by atoms with E-state index in [1.54, 1.807) is 0 Å². The zero-order chi connectivity index (χ0) is 27.4. The molecule has 194 valence electrons. The Labute approximate surface area is 239 Å². The van der Waals surface area contributed by atoms with Crippen molar-refractivity contribution in [3.63, 3.8) is 0 Å². The van der Waals surface area contributed by atoms with Crippen molar-refractivity contribution < 1.29 is 17.4 Å². The van der Waals surface area contributed by atoms with E-state index in [2.05, 4.69) is 156 Å². The van der Waals surface area contributed by atoms with Gasteiger partial charge in [-0.1, -0.05) is 83.1 Å². The number of hydrogen-bond acceptors (Lipinski definition) is 0. The Hall–Kier alpha value is -2.59. The van der Waals surface area contributed by atoms with E-state index in [4.69, 9.17) is 0 Å². The van der Waals surface area contributed by atoms with E-state index < -0.39 is 0 Å². The van der Waals surface area contributed by atoms with Crippen LogP contribution in [0.5, 0.6) is 0 Å². The molecule has 0 N–H and O–H groups in total. The van der Waals surface area contributed by atoms with Gasteiger partial charge in [-0.2, -0.15) is 140 Å². The summed E-state index contributed by atoms with van der Waals surface area (Å²) in [4.78, 5) is 0. The third-order valence-corrected chi connectivity index (χ3v) is 5.13. The Morgan fingerprint density at radius 2 is 0.378 bits per heavy atom. The quantitative estimate of drug-likeness (QED) is 0.199. The zero-order valence-corrected chi connectivity index (χ0v) is 26.3. The van der Waals surface area contributed by atoms with Crippen LogP contribution in [0, 0.1) is 107 Å². The Morgan fingerprint density at radius 1 is 0.270 bits per heavy atom. The van der Waals surface area contributed by atoms with Gasteiger partial charge < -0.3 is 0 Å². The molecule has 0 spiro atoms. The molecule has 37 heavy (non-hydrogen) atoms. The van der Waals surface area contributed by atoms with Gasteiger partial charge in [-0.25, -0.2) is 0 Å². The monoisotopic (exact) mass is 528 g/mol. The van der Waals surface area contributed by atoms with Crippen LogP contribution in [0.2, 0.25) is 0 Å². The number of hydrogen-bond donors (Lipinski definition) is 0. The Morgan fingerprint density at radius 3 is 0.459 bits per heavy atom. The van der Waals surface area contributed by atoms with Crippen molar-refractivity contribution in [3.8, 4) is 0 Å². The number of benzene rings is 4. The summed E-state index contributed by atoms with van der Waals surface area (Å²) < 4.78 is 0. The Kier molecular flexibility index (Phi) is 15.8. The smallest absolute Gasteiger partial charge is 0.177 e. The van der Waals surface area contributed by atoms with Gasteiger partial charge in [-0.15, -0.1) is 0 Å². The molecule has 0 saturated carbocycles. The van der Waals surface area contributed by atoms with Crippen molar-refractivity contribution >= 4 is 0 Å². The number of rotatable bonds is 0. The fourth-order valence-corrected chi connectivity index (χ4v) is 4.43. The van der Waals surface area contributed by atoms with Crippen LogP contribution in [-0.2, 0) is 17.4 Å². The van der Waals surface area contributed by atoms with Gasteiger partial charge in [0.25, 0.3) is 0 Å². The largest absolute Gasteiger partial charge is 4.00 e. The molecule has 0 amide bonds. The molecule has 0 fully saturated rings. The maximum Gasteiger partial charge on any atom is 4.00 e. The summed E-state index contributed by atoms with van der Waals surface area (Å²) in [6.45, 7) is 25.0. The molecule has 4 aromatic rings. The van der Waals surface area contributed by atoms with Gasteiger partial charge in [0.2, 0.25) is 0 Å². The van der Waals surface area contributed by atoms with Crippen LogP contribution in [0.3, 0.4) is 0 Å². The normalized spacial score (nSPS) is 9.41. The molecule has 0 heterocycles. The third-order valence-electron chi connectivity index (χ3n) is 5.13. The molecule has 1 heteroatoms. The summed E-state index contributed by atoms with van der Waals surface area (Å²) in [6, 6.07) is 29.9. The standard InChI is InChI=1S/4C9H11.Cr/c4*1-7-4-8(2)6-9(3)5-7;/h4*4-5H,1-3H3;/q4*-1;+4. The molecule has 0 bridgehead atoms. The van der Waals surface area contributed by atoms with Crippen molar-refractivity contribution in [2.45, 2.75) is 83.1 Å². The molecule has 4 aromatic carbocycles. The first-order chi connectivity index (χ1) is 16.7. The van der Waals surface area contributed by atoms with Crippen LogP contribution < -0.4 is 0 Å². The second-order valence-corrected chi connectivity index (χ2v) is 10.1. The predicted molar refractivity (Wildman–Crippen MR) is 158 cm³/mol. The number of aryl methyl sites for hydroxylation is 12. The fraction of sp³-hybridized carbons (Fsp3) is 0.333. The molecule has 0 aliphatic heterocycles. The molecule has 0 aromatic heterocycles. The molecular formula is C36H44Cr. The van der Waals surface area contributed by atoms with Gasteiger partial charge >= 0.3 is 17.4 Å². The first-order valence-electron chi connectivity index (χ1n) is 12.6. The van der Waals surface area contributed by atoms with E-state index in [0.717, 1.165) is 0 Å². The first-order valence-corrected chi connectivity index (χ1v) is 12.6. The van der Waals surface area contributed by atoms with Crippen LogP contribution >= 0.6 is 0 Å². The van der Waals surface area contributed by atoms with Crippen LogP contribution in [0.15, 0.2) is 48.5 Å². The first kappa shape index (κ1) is 34.4. The topological polar surface area (TPSA) is 0 Å². The summed E-state index contributed by atoms with van der Waals surface area (Å²) in [5.74, 6) is 0. The van der Waals surface area contributed by atoms with Crippen LogP contribution in [0.1, 0.15) is 66.8 Å². The molecule has 0 nitrogen and oxygen atoms in total. The summed E-state index contributed by atoms with van der Waals surface area (Å²) >= 11 is 0. The minimum absolute atomic E-state index is 0. The van der Waals surface area contributed by atoms with Crippen molar-refractivity contribution in [3.05, 3.63) is 140 Å². The molecule has 0 saturated heterocycles. The fourth-order valence-electron chi connectivity index (χ4n) is 4.43. The van der Waals surface area contributed by atoms with Crippen molar-refractivity contribution in [2.75, 3.05) is 0 Å². The molecule has 0 radical (unpaired) electrons. The molecule has 0 aliphatic rings. The summed E-state index contributed by atoms with van der Waals surface area (Å²) in [5, 5.41) is 0. The minimum Gasteiger partial charge on any atom is -0.177 e. The average molecular weight is 529 g/mol. The Bertz CT molecular complexity index is 848. The van der Waals surface area contributed by atoms with Crippen LogP contribution in [-0.4, -0.2) is 0 Å². The predicted octanol–water partition coefficient (Wildman–Crippen LogP) is 9.65. The van der Waals surface area contributed by atoms with Gasteiger partial charge in [-0.05, 0) is 0 Å². The van der Waals surface area contributed by atoms with Gasteiger partial charge in [0, 0.05) is 0 Å². The summed E-state index contributed by atoms with van der Waals surface area (Å²) in [6.07, 6.45) is 0. The van der Waals surface area contributed by atoms with Crippen LogP contribution in [0.4, 0.5) is 0 Å². The molecular weight excluding hydrogens is 484 g/mol. The van der Waals surface area contributed by atoms with Gasteiger partial charge in [0.15, 0.2) is 0 Å². The zero-order valence-electron chi connectivity index (χ0n) is 25.0. The summed E-state index contributed by atoms with van der Waals surface area (Å²) in [7, 11) is 0. The van der Waals surface area contributed by atoms with Gasteiger partial charge in [0.05, 0.1) is 0 Å². The molecule has 0 atom stereocenters. The van der Waals surface area contributed by atoms with Crippen molar-refractivity contribution in [1.29, 1.82) is 0 Å². The van der Waals surface area contributed by atoms with Crippen molar-refractivity contribution in [2.24, 2.45) is 0 Å². The van der Waals surface area contributed by atoms with Gasteiger partial charge in [0.1, 0.15) is 0 Å². The maximum atomic E-state index is 3.21. The SMILES string of the molecule is Cc1[c-]c(C)cc(C)c1.Cc1[c-]c(C)cc(C)c1.Cc1[c-]c(C)cc(C)c1.Cc1[c-]c(C)cc(C)c1.[Cr+4]. The molecule has 4 rings (SSSR count). The average Bonchev–Trinajstić information content (AvgIpc) is 2.64. The van der Waals surface area contributed by atoms with Crippen LogP contribution in [0.25, 0.3) is 0 Å². The van der Waals surface area contributed by atoms with E-state index in [1.807, 2.05) is 0 Å². The minimum atomic E-state index is 0. The Balaban J connectivity index is 0.000000463. The van der Waals surface area contributed by atoms with E-state index >= 15 is 0 Å². The van der Waals surface area contributed by atoms with E-state index in [-0.39, 0.29) is 17.4 Å². The summed E-state index contributed by atoms with van der Waals surface area (Å²) in [5.41, 5.74) is 15.1. The molecule has 0 aliphatic carbocycles. The second kappa shape index (κ2) is 17.0. The second-order valence-electron chi connectivity index (χ2n) is 10.1. The van der Waals surface area contributed by atoms with E-state index in [1.165, 1.54) is 66.8 Å². The van der Waals surface area contributed by atoms with E-state index in [9.17, 15) is 0 Å². The molecule has 0 unspecified atom stereocenters. The third kappa shape index (κ3) is 16.0. The van der Waals surface area contributed by atoms with Crippen molar-refractivity contribution in [1.82, 2.24) is 0 Å².